The molecule has 1 unspecified atom stereocenters. The van der Waals surface area contributed by atoms with Crippen molar-refractivity contribution < 1.29 is 4.79 Å². The van der Waals surface area contributed by atoms with Gasteiger partial charge in [0.15, 0.2) is 0 Å². The van der Waals surface area contributed by atoms with Crippen molar-refractivity contribution in [2.45, 2.75) is 13.0 Å². The summed E-state index contributed by atoms with van der Waals surface area (Å²) in [6, 6.07) is 4.84. The van der Waals surface area contributed by atoms with Gasteiger partial charge in [0.25, 0.3) is 5.91 Å². The van der Waals surface area contributed by atoms with Crippen LogP contribution in [0.5, 0.6) is 0 Å². The molecule has 5 heteroatoms. The molecule has 0 bridgehead atoms. The van der Waals surface area contributed by atoms with Crippen LogP contribution in [-0.2, 0) is 0 Å². The summed E-state index contributed by atoms with van der Waals surface area (Å²) in [6.07, 6.45) is 0. The zero-order valence-electron chi connectivity index (χ0n) is 8.26. The predicted molar refractivity (Wildman–Crippen MR) is 62.4 cm³/mol. The second-order valence-electron chi connectivity index (χ2n) is 3.21. The van der Waals surface area contributed by atoms with Gasteiger partial charge in [-0.15, -0.1) is 0 Å². The lowest BCUT2D eigenvalue weighted by Crippen LogP contribution is -2.37. The van der Waals surface area contributed by atoms with Gasteiger partial charge in [0.2, 0.25) is 0 Å². The van der Waals surface area contributed by atoms with E-state index in [1.807, 2.05) is 6.92 Å². The van der Waals surface area contributed by atoms with Crippen LogP contribution in [0.1, 0.15) is 17.3 Å². The lowest BCUT2D eigenvalue weighted by atomic mass is 10.2. The number of nitrogens with one attached hydrogen (secondary N) is 1. The van der Waals surface area contributed by atoms with Crippen molar-refractivity contribution in [3.05, 3.63) is 33.8 Å². The molecular formula is C10H12Cl2N2O. The molecule has 0 heterocycles. The first-order valence-corrected chi connectivity index (χ1v) is 5.26. The molecule has 0 saturated carbocycles. The van der Waals surface area contributed by atoms with Crippen LogP contribution in [0.3, 0.4) is 0 Å². The zero-order valence-corrected chi connectivity index (χ0v) is 9.77. The maximum atomic E-state index is 11.7. The third kappa shape index (κ3) is 3.09. The van der Waals surface area contributed by atoms with Gasteiger partial charge in [-0.25, -0.2) is 0 Å². The number of amides is 1. The van der Waals surface area contributed by atoms with Crippen molar-refractivity contribution in [1.82, 2.24) is 5.32 Å². The van der Waals surface area contributed by atoms with Crippen molar-refractivity contribution >= 4 is 29.1 Å². The summed E-state index contributed by atoms with van der Waals surface area (Å²) in [6.45, 7) is 2.19. The second kappa shape index (κ2) is 5.35. The van der Waals surface area contributed by atoms with Gasteiger partial charge in [-0.05, 0) is 19.1 Å². The van der Waals surface area contributed by atoms with Gasteiger partial charge in [-0.2, -0.15) is 0 Å². The standard InChI is InChI=1S/C10H12Cl2N2O/c1-6(5-13)14-10(15)7-3-2-4-8(11)9(7)12/h2-4,6H,5,13H2,1H3,(H,14,15). The maximum absolute atomic E-state index is 11.7. The van der Waals surface area contributed by atoms with Crippen LogP contribution < -0.4 is 11.1 Å². The Morgan fingerprint density at radius 3 is 2.80 bits per heavy atom. The van der Waals surface area contributed by atoms with Crippen molar-refractivity contribution in [1.29, 1.82) is 0 Å². The molecule has 3 N–H and O–H groups in total. The smallest absolute Gasteiger partial charge is 0.253 e. The monoisotopic (exact) mass is 246 g/mol. The highest BCUT2D eigenvalue weighted by Gasteiger charge is 2.13. The molecule has 1 aromatic carbocycles. The highest BCUT2D eigenvalue weighted by Crippen LogP contribution is 2.25. The van der Waals surface area contributed by atoms with Gasteiger partial charge in [-0.1, -0.05) is 29.3 Å². The summed E-state index contributed by atoms with van der Waals surface area (Å²) >= 11 is 11.7. The molecule has 3 nitrogen and oxygen atoms in total. The average molecular weight is 247 g/mol. The molecule has 1 rings (SSSR count). The van der Waals surface area contributed by atoms with Crippen LogP contribution in [0, 0.1) is 0 Å². The lowest BCUT2D eigenvalue weighted by Gasteiger charge is -2.12. The number of carbonyl (C=O) groups is 1. The fraction of sp³-hybridized carbons (Fsp3) is 0.300. The average Bonchev–Trinajstić information content (AvgIpc) is 2.21. The third-order valence-corrected chi connectivity index (χ3v) is 2.75. The zero-order chi connectivity index (χ0) is 11.4. The van der Waals surface area contributed by atoms with Crippen LogP contribution in [0.25, 0.3) is 0 Å². The highest BCUT2D eigenvalue weighted by atomic mass is 35.5. The van der Waals surface area contributed by atoms with Crippen molar-refractivity contribution in [2.75, 3.05) is 6.54 Å². The fourth-order valence-electron chi connectivity index (χ4n) is 1.04. The molecule has 0 aromatic heterocycles. The van der Waals surface area contributed by atoms with E-state index in [1.165, 1.54) is 0 Å². The molecule has 0 fully saturated rings. The van der Waals surface area contributed by atoms with E-state index in [0.717, 1.165) is 0 Å². The summed E-state index contributed by atoms with van der Waals surface area (Å²) in [5.74, 6) is -0.263. The summed E-state index contributed by atoms with van der Waals surface area (Å²) < 4.78 is 0. The van der Waals surface area contributed by atoms with E-state index in [2.05, 4.69) is 5.32 Å². The lowest BCUT2D eigenvalue weighted by molar-refractivity contribution is 0.0941. The van der Waals surface area contributed by atoms with Crippen molar-refractivity contribution in [3.63, 3.8) is 0 Å². The van der Waals surface area contributed by atoms with Gasteiger partial charge in [0, 0.05) is 12.6 Å². The number of hydrogen-bond acceptors (Lipinski definition) is 2. The maximum Gasteiger partial charge on any atom is 0.253 e. The van der Waals surface area contributed by atoms with E-state index in [4.69, 9.17) is 28.9 Å². The molecule has 1 atom stereocenters. The second-order valence-corrected chi connectivity index (χ2v) is 4.00. The topological polar surface area (TPSA) is 55.1 Å². The van der Waals surface area contributed by atoms with Crippen molar-refractivity contribution in [3.8, 4) is 0 Å². The molecule has 0 radical (unpaired) electrons. The molecule has 1 aromatic rings. The number of halogens is 2. The van der Waals surface area contributed by atoms with Crippen LogP contribution in [0.2, 0.25) is 10.0 Å². The van der Waals surface area contributed by atoms with E-state index >= 15 is 0 Å². The first-order valence-electron chi connectivity index (χ1n) is 4.51. The van der Waals surface area contributed by atoms with E-state index in [9.17, 15) is 4.79 Å². The Morgan fingerprint density at radius 2 is 2.20 bits per heavy atom. The van der Waals surface area contributed by atoms with Gasteiger partial charge in [0.1, 0.15) is 0 Å². The molecule has 0 aliphatic rings. The van der Waals surface area contributed by atoms with E-state index in [0.29, 0.717) is 17.1 Å². The highest BCUT2D eigenvalue weighted by molar-refractivity contribution is 6.43. The Morgan fingerprint density at radius 1 is 1.53 bits per heavy atom. The molecule has 0 aliphatic carbocycles. The molecular weight excluding hydrogens is 235 g/mol. The largest absolute Gasteiger partial charge is 0.348 e. The predicted octanol–water partition coefficient (Wildman–Crippen LogP) is 2.07. The van der Waals surface area contributed by atoms with Crippen LogP contribution >= 0.6 is 23.2 Å². The number of nitrogens with two attached hydrogens (primary N) is 1. The minimum atomic E-state index is -0.263. The first kappa shape index (κ1) is 12.3. The Labute approximate surface area is 98.5 Å². The molecule has 0 spiro atoms. The quantitative estimate of drug-likeness (QED) is 0.859. The SMILES string of the molecule is CC(CN)NC(=O)c1cccc(Cl)c1Cl. The normalized spacial score (nSPS) is 12.3. The third-order valence-electron chi connectivity index (χ3n) is 1.93. The number of carbonyl (C=O) groups excluding carboxylic acids is 1. The van der Waals surface area contributed by atoms with E-state index in [-0.39, 0.29) is 17.0 Å². The van der Waals surface area contributed by atoms with Gasteiger partial charge >= 0.3 is 0 Å². The molecule has 15 heavy (non-hydrogen) atoms. The molecule has 0 saturated heterocycles. The van der Waals surface area contributed by atoms with Crippen molar-refractivity contribution in [2.24, 2.45) is 5.73 Å². The summed E-state index contributed by atoms with van der Waals surface area (Å²) in [4.78, 5) is 11.7. The van der Waals surface area contributed by atoms with Gasteiger partial charge in [0.05, 0.1) is 15.6 Å². The number of hydrogen-bond donors (Lipinski definition) is 2. The summed E-state index contributed by atoms with van der Waals surface area (Å²) in [7, 11) is 0. The van der Waals surface area contributed by atoms with E-state index in [1.54, 1.807) is 18.2 Å². The summed E-state index contributed by atoms with van der Waals surface area (Å²) in [5, 5.41) is 3.34. The Hall–Kier alpha value is -0.770. The van der Waals surface area contributed by atoms with Crippen LogP contribution in [-0.4, -0.2) is 18.5 Å². The Balaban J connectivity index is 2.87. The van der Waals surface area contributed by atoms with E-state index < -0.39 is 0 Å². The number of rotatable bonds is 3. The van der Waals surface area contributed by atoms with Crippen LogP contribution in [0.4, 0.5) is 0 Å². The Kier molecular flexibility index (Phi) is 4.39. The van der Waals surface area contributed by atoms with Gasteiger partial charge < -0.3 is 11.1 Å². The minimum absolute atomic E-state index is 0.0902. The van der Waals surface area contributed by atoms with Crippen LogP contribution in [0.15, 0.2) is 18.2 Å². The molecule has 0 aliphatic heterocycles. The fourth-order valence-corrected chi connectivity index (χ4v) is 1.43. The number of benzene rings is 1. The minimum Gasteiger partial charge on any atom is -0.348 e. The molecule has 1 amide bonds. The first-order chi connectivity index (χ1) is 7.06. The molecule has 82 valence electrons. The Bertz CT molecular complexity index is 368. The van der Waals surface area contributed by atoms with Gasteiger partial charge in [-0.3, -0.25) is 4.79 Å². The summed E-state index contributed by atoms with van der Waals surface area (Å²) in [5.41, 5.74) is 5.76.